The van der Waals surface area contributed by atoms with Gasteiger partial charge in [0.15, 0.2) is 11.6 Å². The molecule has 0 fully saturated rings. The van der Waals surface area contributed by atoms with Crippen molar-refractivity contribution < 1.29 is 28.4 Å². The van der Waals surface area contributed by atoms with E-state index in [0.717, 1.165) is 6.07 Å². The van der Waals surface area contributed by atoms with Crippen LogP contribution in [-0.4, -0.2) is 34.6 Å². The van der Waals surface area contributed by atoms with E-state index in [9.17, 15) is 28.9 Å². The average molecular weight is 452 g/mol. The van der Waals surface area contributed by atoms with Gasteiger partial charge in [0.05, 0.1) is 10.6 Å². The van der Waals surface area contributed by atoms with Gasteiger partial charge in [-0.25, -0.2) is 4.39 Å². The Kier molecular flexibility index (Phi) is 8.44. The van der Waals surface area contributed by atoms with E-state index in [1.807, 2.05) is 0 Å². The van der Waals surface area contributed by atoms with Crippen molar-refractivity contribution in [3.63, 3.8) is 0 Å². The van der Waals surface area contributed by atoms with Crippen LogP contribution in [0.4, 0.5) is 15.8 Å². The lowest BCUT2D eigenvalue weighted by molar-refractivity contribution is -0.384. The SMILES string of the molecule is CCC(=O)Oc1c(F)cccc1NC(=O)[C@H](Cc1ccc([N+](=O)[O-])cc1)NC(=O)CCl. The van der Waals surface area contributed by atoms with Crippen molar-refractivity contribution in [1.82, 2.24) is 5.32 Å². The lowest BCUT2D eigenvalue weighted by Gasteiger charge is -2.19. The van der Waals surface area contributed by atoms with Crippen molar-refractivity contribution in [1.29, 1.82) is 0 Å². The smallest absolute Gasteiger partial charge is 0.311 e. The predicted molar refractivity (Wildman–Crippen MR) is 110 cm³/mol. The van der Waals surface area contributed by atoms with Crippen LogP contribution in [0.1, 0.15) is 18.9 Å². The molecular weight excluding hydrogens is 433 g/mol. The summed E-state index contributed by atoms with van der Waals surface area (Å²) in [5, 5.41) is 15.7. The van der Waals surface area contributed by atoms with E-state index in [1.54, 1.807) is 0 Å². The molecule has 2 amide bonds. The Labute approximate surface area is 181 Å². The minimum absolute atomic E-state index is 0.00370. The third-order valence-electron chi connectivity index (χ3n) is 4.09. The Bertz CT molecular complexity index is 983. The number of amides is 2. The number of alkyl halides is 1. The molecule has 9 nitrogen and oxygen atoms in total. The number of nitro groups is 1. The van der Waals surface area contributed by atoms with E-state index in [-0.39, 0.29) is 24.2 Å². The molecule has 2 rings (SSSR count). The van der Waals surface area contributed by atoms with Gasteiger partial charge in [-0.2, -0.15) is 0 Å². The summed E-state index contributed by atoms with van der Waals surface area (Å²) in [6.07, 6.45) is -0.0257. The summed E-state index contributed by atoms with van der Waals surface area (Å²) in [5.41, 5.74) is 0.301. The zero-order chi connectivity index (χ0) is 23.0. The highest BCUT2D eigenvalue weighted by Gasteiger charge is 2.24. The Morgan fingerprint density at radius 3 is 2.45 bits per heavy atom. The summed E-state index contributed by atoms with van der Waals surface area (Å²) >= 11 is 5.51. The largest absolute Gasteiger partial charge is 0.421 e. The van der Waals surface area contributed by atoms with Gasteiger partial charge in [0.1, 0.15) is 11.9 Å². The molecule has 11 heteroatoms. The summed E-state index contributed by atoms with van der Waals surface area (Å²) in [7, 11) is 0. The van der Waals surface area contributed by atoms with E-state index >= 15 is 0 Å². The first-order valence-corrected chi connectivity index (χ1v) is 9.67. The molecule has 31 heavy (non-hydrogen) atoms. The molecule has 0 aliphatic heterocycles. The number of ether oxygens (including phenoxy) is 1. The van der Waals surface area contributed by atoms with E-state index < -0.39 is 46.2 Å². The van der Waals surface area contributed by atoms with Crippen molar-refractivity contribution in [2.24, 2.45) is 0 Å². The second-order valence-electron chi connectivity index (χ2n) is 6.31. The molecule has 0 radical (unpaired) electrons. The highest BCUT2D eigenvalue weighted by molar-refractivity contribution is 6.27. The molecule has 0 aliphatic carbocycles. The number of carbonyl (C=O) groups excluding carboxylic acids is 3. The van der Waals surface area contributed by atoms with Gasteiger partial charge in [-0.1, -0.05) is 25.1 Å². The fraction of sp³-hybridized carbons (Fsp3) is 0.250. The van der Waals surface area contributed by atoms with Crippen molar-refractivity contribution in [2.45, 2.75) is 25.8 Å². The van der Waals surface area contributed by atoms with Crippen LogP contribution < -0.4 is 15.4 Å². The first kappa shape index (κ1) is 23.7. The highest BCUT2D eigenvalue weighted by Crippen LogP contribution is 2.28. The molecule has 164 valence electrons. The van der Waals surface area contributed by atoms with Gasteiger partial charge in [-0.15, -0.1) is 11.6 Å². The predicted octanol–water partition coefficient (Wildman–Crippen LogP) is 2.95. The molecule has 0 bridgehead atoms. The average Bonchev–Trinajstić information content (AvgIpc) is 2.75. The fourth-order valence-corrected chi connectivity index (χ4v) is 2.63. The fourth-order valence-electron chi connectivity index (χ4n) is 2.55. The van der Waals surface area contributed by atoms with Gasteiger partial charge in [-0.05, 0) is 17.7 Å². The molecule has 1 atom stereocenters. The first-order chi connectivity index (χ1) is 14.7. The van der Waals surface area contributed by atoms with Crippen molar-refractivity contribution >= 4 is 40.8 Å². The summed E-state index contributed by atoms with van der Waals surface area (Å²) < 4.78 is 19.1. The number of esters is 1. The number of carbonyl (C=O) groups is 3. The molecule has 0 unspecified atom stereocenters. The third kappa shape index (κ3) is 6.75. The molecule has 0 aliphatic rings. The Morgan fingerprint density at radius 2 is 1.87 bits per heavy atom. The molecule has 0 spiro atoms. The summed E-state index contributed by atoms with van der Waals surface area (Å²) in [4.78, 5) is 46.4. The normalized spacial score (nSPS) is 11.3. The van der Waals surface area contributed by atoms with Gasteiger partial charge in [-0.3, -0.25) is 24.5 Å². The number of halogens is 2. The minimum atomic E-state index is -1.13. The number of rotatable bonds is 9. The van der Waals surface area contributed by atoms with Crippen molar-refractivity contribution in [2.75, 3.05) is 11.2 Å². The second kappa shape index (κ2) is 11.0. The van der Waals surface area contributed by atoms with Crippen LogP contribution in [-0.2, 0) is 20.8 Å². The molecule has 0 saturated carbocycles. The standard InChI is InChI=1S/C20H19ClFN3O6/c1-2-18(27)31-19-14(22)4-3-5-15(19)24-20(28)16(23-17(26)11-21)10-12-6-8-13(9-7-12)25(29)30/h3-9,16H,2,10-11H2,1H3,(H,23,26)(H,24,28)/t16-/m0/s1. The maximum atomic E-state index is 14.1. The van der Waals surface area contributed by atoms with E-state index in [2.05, 4.69) is 10.6 Å². The molecule has 2 aromatic rings. The van der Waals surface area contributed by atoms with Crippen LogP contribution in [0.15, 0.2) is 42.5 Å². The Balaban J connectivity index is 2.26. The topological polar surface area (TPSA) is 128 Å². The lowest BCUT2D eigenvalue weighted by Crippen LogP contribution is -2.45. The lowest BCUT2D eigenvalue weighted by atomic mass is 10.0. The van der Waals surface area contributed by atoms with Crippen LogP contribution in [0.3, 0.4) is 0 Å². The van der Waals surface area contributed by atoms with Crippen LogP contribution in [0.2, 0.25) is 0 Å². The quantitative estimate of drug-likeness (QED) is 0.198. The van der Waals surface area contributed by atoms with E-state index in [4.69, 9.17) is 16.3 Å². The third-order valence-corrected chi connectivity index (χ3v) is 4.33. The molecule has 0 aromatic heterocycles. The second-order valence-corrected chi connectivity index (χ2v) is 6.58. The minimum Gasteiger partial charge on any atom is -0.421 e. The monoisotopic (exact) mass is 451 g/mol. The zero-order valence-corrected chi connectivity index (χ0v) is 17.1. The number of benzene rings is 2. The first-order valence-electron chi connectivity index (χ1n) is 9.13. The van der Waals surface area contributed by atoms with Crippen LogP contribution in [0.25, 0.3) is 0 Å². The Morgan fingerprint density at radius 1 is 1.19 bits per heavy atom. The van der Waals surface area contributed by atoms with Gasteiger partial charge < -0.3 is 15.4 Å². The Hall–Kier alpha value is -3.53. The van der Waals surface area contributed by atoms with Crippen LogP contribution in [0.5, 0.6) is 5.75 Å². The van der Waals surface area contributed by atoms with E-state index in [1.165, 1.54) is 43.3 Å². The number of hydrogen-bond donors (Lipinski definition) is 2. The van der Waals surface area contributed by atoms with Gasteiger partial charge in [0.2, 0.25) is 11.8 Å². The van der Waals surface area contributed by atoms with Crippen LogP contribution >= 0.6 is 11.6 Å². The van der Waals surface area contributed by atoms with Gasteiger partial charge in [0.25, 0.3) is 5.69 Å². The number of para-hydroxylation sites is 1. The molecule has 2 aromatic carbocycles. The molecule has 0 saturated heterocycles. The number of hydrogen-bond acceptors (Lipinski definition) is 6. The van der Waals surface area contributed by atoms with Crippen molar-refractivity contribution in [3.8, 4) is 5.75 Å². The zero-order valence-electron chi connectivity index (χ0n) is 16.4. The summed E-state index contributed by atoms with van der Waals surface area (Å²) in [5.74, 6) is -3.74. The van der Waals surface area contributed by atoms with Gasteiger partial charge in [0, 0.05) is 25.0 Å². The number of non-ortho nitro benzene ring substituents is 1. The van der Waals surface area contributed by atoms with Gasteiger partial charge >= 0.3 is 5.97 Å². The van der Waals surface area contributed by atoms with E-state index in [0.29, 0.717) is 5.56 Å². The number of anilines is 1. The summed E-state index contributed by atoms with van der Waals surface area (Å²) in [6.45, 7) is 1.53. The maximum Gasteiger partial charge on any atom is 0.311 e. The molecule has 2 N–H and O–H groups in total. The van der Waals surface area contributed by atoms with Crippen LogP contribution in [0, 0.1) is 15.9 Å². The number of nitrogens with one attached hydrogen (secondary N) is 2. The highest BCUT2D eigenvalue weighted by atomic mass is 35.5. The number of nitrogens with zero attached hydrogens (tertiary/aromatic N) is 1. The molecule has 0 heterocycles. The molecular formula is C20H19ClFN3O6. The summed E-state index contributed by atoms with van der Waals surface area (Å²) in [6, 6.07) is 8.01. The maximum absolute atomic E-state index is 14.1. The van der Waals surface area contributed by atoms with Crippen molar-refractivity contribution in [3.05, 3.63) is 64.0 Å². The number of nitro benzene ring substituents is 1.